The van der Waals surface area contributed by atoms with Crippen molar-refractivity contribution in [3.05, 3.63) is 61.6 Å². The van der Waals surface area contributed by atoms with Crippen LogP contribution in [0.25, 0.3) is 0 Å². The molecule has 0 saturated carbocycles. The lowest BCUT2D eigenvalue weighted by Crippen LogP contribution is -2.17. The number of ether oxygens (including phenoxy) is 1. The van der Waals surface area contributed by atoms with Crippen LogP contribution in [0.4, 0.5) is 5.69 Å². The lowest BCUT2D eigenvalue weighted by atomic mass is 10.1. The van der Waals surface area contributed by atoms with Gasteiger partial charge in [-0.15, -0.1) is 0 Å². The number of aryl methyl sites for hydroxylation is 1. The van der Waals surface area contributed by atoms with E-state index in [1.165, 1.54) is 37.6 Å². The Morgan fingerprint density at radius 2 is 2.12 bits per heavy atom. The van der Waals surface area contributed by atoms with Gasteiger partial charge in [0, 0.05) is 17.2 Å². The summed E-state index contributed by atoms with van der Waals surface area (Å²) >= 11 is 3.18. The number of aromatic hydroxyl groups is 1. The smallest absolute Gasteiger partial charge is 0.273 e. The quantitative estimate of drug-likeness (QED) is 0.448. The van der Waals surface area contributed by atoms with Crippen LogP contribution in [0.15, 0.2) is 39.9 Å². The minimum atomic E-state index is -0.579. The molecule has 8 nitrogen and oxygen atoms in total. The topological polar surface area (TPSA) is 114 Å². The highest BCUT2D eigenvalue weighted by molar-refractivity contribution is 9.10. The molecule has 0 heterocycles. The Bertz CT molecular complexity index is 867. The molecule has 0 radical (unpaired) electrons. The van der Waals surface area contributed by atoms with Gasteiger partial charge >= 0.3 is 0 Å². The molecule has 2 aromatic carbocycles. The van der Waals surface area contributed by atoms with E-state index in [1.807, 2.05) is 0 Å². The Labute approximate surface area is 151 Å². The number of hydrogen-bond donors (Lipinski definition) is 2. The molecule has 0 aliphatic carbocycles. The number of nitrogens with one attached hydrogen (secondary N) is 1. The molecule has 130 valence electrons. The van der Waals surface area contributed by atoms with Gasteiger partial charge in [0.2, 0.25) is 0 Å². The van der Waals surface area contributed by atoms with Gasteiger partial charge < -0.3 is 9.84 Å². The molecule has 25 heavy (non-hydrogen) atoms. The van der Waals surface area contributed by atoms with Crippen molar-refractivity contribution >= 4 is 33.7 Å². The molecule has 0 spiro atoms. The predicted octanol–water partition coefficient (Wildman–Crippen LogP) is 3.14. The summed E-state index contributed by atoms with van der Waals surface area (Å²) in [5.74, 6) is -0.379. The van der Waals surface area contributed by atoms with Crippen molar-refractivity contribution in [3.63, 3.8) is 0 Å². The Morgan fingerprint density at radius 3 is 2.76 bits per heavy atom. The highest BCUT2D eigenvalue weighted by Crippen LogP contribution is 2.34. The summed E-state index contributed by atoms with van der Waals surface area (Å²) in [6.07, 6.45) is 1.35. The number of nitro groups is 1. The van der Waals surface area contributed by atoms with E-state index in [0.717, 1.165) is 0 Å². The summed E-state index contributed by atoms with van der Waals surface area (Å²) in [5.41, 5.74) is 3.31. The summed E-state index contributed by atoms with van der Waals surface area (Å²) in [5, 5.41) is 24.5. The fourth-order valence-corrected chi connectivity index (χ4v) is 2.46. The Balaban J connectivity index is 2.15. The van der Waals surface area contributed by atoms with E-state index < -0.39 is 10.8 Å². The van der Waals surface area contributed by atoms with Crippen molar-refractivity contribution in [2.45, 2.75) is 6.92 Å². The van der Waals surface area contributed by atoms with Crippen LogP contribution in [-0.2, 0) is 0 Å². The third kappa shape index (κ3) is 4.32. The van der Waals surface area contributed by atoms with Crippen LogP contribution in [0.5, 0.6) is 11.5 Å². The number of hydrazone groups is 1. The van der Waals surface area contributed by atoms with E-state index in [9.17, 15) is 20.0 Å². The second-order valence-electron chi connectivity index (χ2n) is 5.01. The highest BCUT2D eigenvalue weighted by atomic mass is 79.9. The molecular formula is C16H14BrN3O5. The van der Waals surface area contributed by atoms with E-state index in [1.54, 1.807) is 13.0 Å². The molecule has 0 atom stereocenters. The first-order valence-electron chi connectivity index (χ1n) is 6.98. The number of halogens is 1. The van der Waals surface area contributed by atoms with Gasteiger partial charge in [-0.25, -0.2) is 5.43 Å². The maximum absolute atomic E-state index is 12.0. The molecule has 9 heteroatoms. The number of carbonyl (C=O) groups excluding carboxylic acids is 1. The third-order valence-corrected chi connectivity index (χ3v) is 3.92. The van der Waals surface area contributed by atoms with Crippen molar-refractivity contribution in [1.82, 2.24) is 5.43 Å². The maximum Gasteiger partial charge on any atom is 0.273 e. The van der Waals surface area contributed by atoms with Crippen molar-refractivity contribution in [2.75, 3.05) is 7.11 Å². The molecule has 0 aliphatic rings. The number of carbonyl (C=O) groups is 1. The van der Waals surface area contributed by atoms with Gasteiger partial charge in [-0.1, -0.05) is 6.07 Å². The van der Waals surface area contributed by atoms with Crippen molar-refractivity contribution in [2.24, 2.45) is 5.10 Å². The average molecular weight is 408 g/mol. The fourth-order valence-electron chi connectivity index (χ4n) is 2.00. The summed E-state index contributed by atoms with van der Waals surface area (Å²) in [6.45, 7) is 1.59. The van der Waals surface area contributed by atoms with Gasteiger partial charge in [0.05, 0.1) is 22.7 Å². The summed E-state index contributed by atoms with van der Waals surface area (Å²) < 4.78 is 5.43. The van der Waals surface area contributed by atoms with E-state index in [4.69, 9.17) is 4.74 Å². The van der Waals surface area contributed by atoms with Crippen LogP contribution in [0, 0.1) is 17.0 Å². The number of nitrogens with zero attached hydrogens (tertiary/aromatic N) is 2. The van der Waals surface area contributed by atoms with E-state index in [2.05, 4.69) is 26.5 Å². The zero-order chi connectivity index (χ0) is 18.6. The number of phenols is 1. The Hall–Kier alpha value is -2.94. The third-order valence-electron chi connectivity index (χ3n) is 3.32. The maximum atomic E-state index is 12.0. The Morgan fingerprint density at radius 1 is 1.40 bits per heavy atom. The molecule has 2 rings (SSSR count). The second kappa shape index (κ2) is 7.75. The first-order chi connectivity index (χ1) is 11.8. The molecule has 1 amide bonds. The van der Waals surface area contributed by atoms with Gasteiger partial charge in [0.1, 0.15) is 0 Å². The van der Waals surface area contributed by atoms with Gasteiger partial charge in [-0.2, -0.15) is 5.10 Å². The second-order valence-corrected chi connectivity index (χ2v) is 5.87. The molecule has 0 aliphatic heterocycles. The molecule has 2 aromatic rings. The first-order valence-corrected chi connectivity index (χ1v) is 7.77. The van der Waals surface area contributed by atoms with Gasteiger partial charge in [0.15, 0.2) is 11.5 Å². The predicted molar refractivity (Wildman–Crippen MR) is 95.3 cm³/mol. The average Bonchev–Trinajstić information content (AvgIpc) is 2.57. The number of amides is 1. The molecule has 2 N–H and O–H groups in total. The molecule has 0 fully saturated rings. The number of methoxy groups -OCH3 is 1. The molecular weight excluding hydrogens is 394 g/mol. The zero-order valence-corrected chi connectivity index (χ0v) is 14.9. The van der Waals surface area contributed by atoms with E-state index >= 15 is 0 Å². The Kier molecular flexibility index (Phi) is 5.71. The normalized spacial score (nSPS) is 10.7. The molecule has 0 unspecified atom stereocenters. The zero-order valence-electron chi connectivity index (χ0n) is 13.3. The number of nitro benzene ring substituents is 1. The van der Waals surface area contributed by atoms with Crippen LogP contribution in [-0.4, -0.2) is 29.3 Å². The van der Waals surface area contributed by atoms with Crippen LogP contribution >= 0.6 is 15.9 Å². The van der Waals surface area contributed by atoms with Crippen LogP contribution in [0.3, 0.4) is 0 Å². The van der Waals surface area contributed by atoms with Gasteiger partial charge in [0.25, 0.3) is 11.6 Å². The standard InChI is InChI=1S/C16H14BrN3O5/c1-9-3-4-11(7-13(9)20(23)24)16(22)19-18-8-10-5-12(17)15(21)14(6-10)25-2/h3-8,21H,1-2H3,(H,19,22)/b18-8-. The number of rotatable bonds is 5. The summed E-state index contributed by atoms with van der Waals surface area (Å²) in [4.78, 5) is 22.4. The lowest BCUT2D eigenvalue weighted by Gasteiger charge is -2.06. The van der Waals surface area contributed by atoms with Crippen LogP contribution in [0.1, 0.15) is 21.5 Å². The molecule has 0 aromatic heterocycles. The van der Waals surface area contributed by atoms with Gasteiger partial charge in [-0.05, 0) is 46.6 Å². The van der Waals surface area contributed by atoms with E-state index in [0.29, 0.717) is 15.6 Å². The monoisotopic (exact) mass is 407 g/mol. The molecule has 0 saturated heterocycles. The van der Waals surface area contributed by atoms with Crippen LogP contribution in [0.2, 0.25) is 0 Å². The number of phenolic OH excluding ortho intramolecular Hbond substituents is 1. The van der Waals surface area contributed by atoms with Gasteiger partial charge in [-0.3, -0.25) is 14.9 Å². The first kappa shape index (κ1) is 18.4. The van der Waals surface area contributed by atoms with E-state index in [-0.39, 0.29) is 22.7 Å². The number of hydrogen-bond acceptors (Lipinski definition) is 6. The van der Waals surface area contributed by atoms with Crippen molar-refractivity contribution in [1.29, 1.82) is 0 Å². The van der Waals surface area contributed by atoms with Crippen molar-refractivity contribution in [3.8, 4) is 11.5 Å². The lowest BCUT2D eigenvalue weighted by molar-refractivity contribution is -0.385. The highest BCUT2D eigenvalue weighted by Gasteiger charge is 2.14. The largest absolute Gasteiger partial charge is 0.503 e. The minimum Gasteiger partial charge on any atom is -0.503 e. The fraction of sp³-hybridized carbons (Fsp3) is 0.125. The van der Waals surface area contributed by atoms with Crippen LogP contribution < -0.4 is 10.2 Å². The minimum absolute atomic E-state index is 0.0457. The molecule has 0 bridgehead atoms. The number of benzene rings is 2. The summed E-state index contributed by atoms with van der Waals surface area (Å²) in [6, 6.07) is 7.29. The SMILES string of the molecule is COc1cc(/C=N\NC(=O)c2ccc(C)c([N+](=O)[O-])c2)cc(Br)c1O. The van der Waals surface area contributed by atoms with Crippen molar-refractivity contribution < 1.29 is 19.6 Å². The summed E-state index contributed by atoms with van der Waals surface area (Å²) in [7, 11) is 1.41.